The van der Waals surface area contributed by atoms with Crippen molar-refractivity contribution in [2.24, 2.45) is 5.73 Å². The van der Waals surface area contributed by atoms with Crippen LogP contribution in [-0.4, -0.2) is 11.4 Å². The molecule has 2 N–H and O–H groups in total. The van der Waals surface area contributed by atoms with E-state index in [2.05, 4.69) is 59.5 Å². The lowest BCUT2D eigenvalue weighted by molar-refractivity contribution is 0.192. The highest BCUT2D eigenvalue weighted by atomic mass is 15.2. The normalized spacial score (nSPS) is 16.3. The molecule has 2 aromatic carbocycles. The van der Waals surface area contributed by atoms with Gasteiger partial charge in [-0.1, -0.05) is 54.6 Å². The molecule has 0 spiro atoms. The van der Waals surface area contributed by atoms with Gasteiger partial charge in [-0.3, -0.25) is 4.90 Å². The molecule has 0 radical (unpaired) electrons. The summed E-state index contributed by atoms with van der Waals surface area (Å²) in [7, 11) is 0. The number of hydrogen-bond donors (Lipinski definition) is 1. The van der Waals surface area contributed by atoms with Crippen molar-refractivity contribution in [2.75, 3.05) is 6.54 Å². The van der Waals surface area contributed by atoms with E-state index in [0.717, 1.165) is 26.1 Å². The van der Waals surface area contributed by atoms with Crippen LogP contribution in [0.5, 0.6) is 0 Å². The Balaban J connectivity index is 1.84. The molecule has 0 saturated heterocycles. The number of fused-ring (bicyclic) bond motifs is 1. The Hall–Kier alpha value is -1.64. The second kappa shape index (κ2) is 5.55. The summed E-state index contributed by atoms with van der Waals surface area (Å²) in [5.74, 6) is 0. The molecule has 1 aliphatic heterocycles. The number of rotatable bonds is 4. The van der Waals surface area contributed by atoms with Crippen LogP contribution >= 0.6 is 0 Å². The molecular weight excluding hydrogens is 232 g/mol. The van der Waals surface area contributed by atoms with Gasteiger partial charge < -0.3 is 5.73 Å². The Morgan fingerprint density at radius 1 is 0.895 bits per heavy atom. The lowest BCUT2D eigenvalue weighted by Crippen LogP contribution is -2.25. The van der Waals surface area contributed by atoms with Crippen LogP contribution in [0.25, 0.3) is 0 Å². The van der Waals surface area contributed by atoms with Crippen LogP contribution in [0.15, 0.2) is 54.6 Å². The van der Waals surface area contributed by atoms with Crippen molar-refractivity contribution in [3.8, 4) is 0 Å². The summed E-state index contributed by atoms with van der Waals surface area (Å²) in [4.78, 5) is 2.53. The fourth-order valence-corrected chi connectivity index (χ4v) is 2.97. The first-order valence-electron chi connectivity index (χ1n) is 6.94. The number of hydrogen-bond acceptors (Lipinski definition) is 2. The van der Waals surface area contributed by atoms with Gasteiger partial charge in [0.15, 0.2) is 0 Å². The Morgan fingerprint density at radius 3 is 2.05 bits per heavy atom. The minimum atomic E-state index is 0.429. The van der Waals surface area contributed by atoms with Gasteiger partial charge in [-0.25, -0.2) is 0 Å². The Kier molecular flexibility index (Phi) is 3.62. The van der Waals surface area contributed by atoms with Gasteiger partial charge in [-0.05, 0) is 29.7 Å². The highest BCUT2D eigenvalue weighted by molar-refractivity contribution is 5.31. The van der Waals surface area contributed by atoms with Crippen LogP contribution in [0.2, 0.25) is 0 Å². The summed E-state index contributed by atoms with van der Waals surface area (Å²) in [6.45, 7) is 2.80. The average molecular weight is 252 g/mol. The molecule has 2 heteroatoms. The van der Waals surface area contributed by atoms with Crippen LogP contribution in [0.4, 0.5) is 0 Å². The zero-order chi connectivity index (χ0) is 13.1. The van der Waals surface area contributed by atoms with Crippen LogP contribution in [0.3, 0.4) is 0 Å². The minimum absolute atomic E-state index is 0.429. The standard InChI is InChI=1S/C17H20N2/c18-11-10-17(14-6-2-1-3-7-14)19-12-15-8-4-5-9-16(15)13-19/h1-9,17H,10-13,18H2. The van der Waals surface area contributed by atoms with Crippen molar-refractivity contribution in [1.29, 1.82) is 0 Å². The monoisotopic (exact) mass is 252 g/mol. The summed E-state index contributed by atoms with van der Waals surface area (Å²) in [5, 5.41) is 0. The maximum atomic E-state index is 5.81. The topological polar surface area (TPSA) is 29.3 Å². The molecule has 0 aliphatic carbocycles. The lowest BCUT2D eigenvalue weighted by atomic mass is 10.0. The summed E-state index contributed by atoms with van der Waals surface area (Å²) < 4.78 is 0. The van der Waals surface area contributed by atoms with Crippen LogP contribution < -0.4 is 5.73 Å². The van der Waals surface area contributed by atoms with E-state index in [1.54, 1.807) is 0 Å². The fourth-order valence-electron chi connectivity index (χ4n) is 2.97. The Labute approximate surface area is 114 Å². The zero-order valence-electron chi connectivity index (χ0n) is 11.1. The van der Waals surface area contributed by atoms with Crippen molar-refractivity contribution < 1.29 is 0 Å². The van der Waals surface area contributed by atoms with E-state index in [4.69, 9.17) is 5.73 Å². The third-order valence-corrected chi connectivity index (χ3v) is 3.93. The first kappa shape index (κ1) is 12.4. The van der Waals surface area contributed by atoms with E-state index >= 15 is 0 Å². The SMILES string of the molecule is NCCC(c1ccccc1)N1Cc2ccccc2C1. The van der Waals surface area contributed by atoms with Crippen molar-refractivity contribution in [1.82, 2.24) is 4.90 Å². The number of nitrogens with two attached hydrogens (primary N) is 1. The molecule has 1 unspecified atom stereocenters. The molecule has 2 nitrogen and oxygen atoms in total. The summed E-state index contributed by atoms with van der Waals surface area (Å²) >= 11 is 0. The molecule has 0 bridgehead atoms. The molecule has 2 aromatic rings. The van der Waals surface area contributed by atoms with E-state index in [1.807, 2.05) is 0 Å². The van der Waals surface area contributed by atoms with Gasteiger partial charge in [0, 0.05) is 19.1 Å². The van der Waals surface area contributed by atoms with Gasteiger partial charge in [0.05, 0.1) is 0 Å². The van der Waals surface area contributed by atoms with E-state index in [1.165, 1.54) is 16.7 Å². The van der Waals surface area contributed by atoms with Gasteiger partial charge in [0.25, 0.3) is 0 Å². The molecule has 1 atom stereocenters. The maximum Gasteiger partial charge on any atom is 0.0367 e. The average Bonchev–Trinajstić information content (AvgIpc) is 2.89. The van der Waals surface area contributed by atoms with Gasteiger partial charge in [-0.15, -0.1) is 0 Å². The molecular formula is C17H20N2. The molecule has 0 amide bonds. The van der Waals surface area contributed by atoms with Crippen molar-refractivity contribution in [3.05, 3.63) is 71.3 Å². The van der Waals surface area contributed by atoms with Crippen LogP contribution in [-0.2, 0) is 13.1 Å². The molecule has 19 heavy (non-hydrogen) atoms. The first-order chi connectivity index (χ1) is 9.38. The van der Waals surface area contributed by atoms with Crippen molar-refractivity contribution >= 4 is 0 Å². The predicted octanol–water partition coefficient (Wildman–Crippen LogP) is 3.09. The van der Waals surface area contributed by atoms with Gasteiger partial charge in [0.2, 0.25) is 0 Å². The Bertz CT molecular complexity index is 511. The van der Waals surface area contributed by atoms with Crippen molar-refractivity contribution in [3.63, 3.8) is 0 Å². The zero-order valence-corrected chi connectivity index (χ0v) is 11.1. The highest BCUT2D eigenvalue weighted by Gasteiger charge is 2.25. The van der Waals surface area contributed by atoms with E-state index in [0.29, 0.717) is 6.04 Å². The van der Waals surface area contributed by atoms with E-state index in [9.17, 15) is 0 Å². The third-order valence-electron chi connectivity index (χ3n) is 3.93. The number of nitrogens with zero attached hydrogens (tertiary/aromatic N) is 1. The summed E-state index contributed by atoms with van der Waals surface area (Å²) in [6, 6.07) is 19.9. The molecule has 0 fully saturated rings. The van der Waals surface area contributed by atoms with Gasteiger partial charge >= 0.3 is 0 Å². The smallest absolute Gasteiger partial charge is 0.0367 e. The molecule has 0 aromatic heterocycles. The Morgan fingerprint density at radius 2 is 1.47 bits per heavy atom. The third kappa shape index (κ3) is 2.55. The van der Waals surface area contributed by atoms with Crippen LogP contribution in [0, 0.1) is 0 Å². The minimum Gasteiger partial charge on any atom is -0.330 e. The molecule has 1 aliphatic rings. The molecule has 98 valence electrons. The van der Waals surface area contributed by atoms with Crippen molar-refractivity contribution in [2.45, 2.75) is 25.6 Å². The maximum absolute atomic E-state index is 5.81. The quantitative estimate of drug-likeness (QED) is 0.906. The predicted molar refractivity (Wildman–Crippen MR) is 78.5 cm³/mol. The summed E-state index contributed by atoms with van der Waals surface area (Å²) in [5.41, 5.74) is 10.1. The second-order valence-electron chi connectivity index (χ2n) is 5.18. The molecule has 1 heterocycles. The van der Waals surface area contributed by atoms with E-state index in [-0.39, 0.29) is 0 Å². The van der Waals surface area contributed by atoms with Crippen LogP contribution in [0.1, 0.15) is 29.2 Å². The molecule has 3 rings (SSSR count). The lowest BCUT2D eigenvalue weighted by Gasteiger charge is -2.27. The van der Waals surface area contributed by atoms with Gasteiger partial charge in [0.1, 0.15) is 0 Å². The fraction of sp³-hybridized carbons (Fsp3) is 0.294. The van der Waals surface area contributed by atoms with Gasteiger partial charge in [-0.2, -0.15) is 0 Å². The summed E-state index contributed by atoms with van der Waals surface area (Å²) in [6.07, 6.45) is 1.01. The molecule has 0 saturated carbocycles. The second-order valence-corrected chi connectivity index (χ2v) is 5.18. The first-order valence-corrected chi connectivity index (χ1v) is 6.94. The van der Waals surface area contributed by atoms with E-state index < -0.39 is 0 Å². The number of benzene rings is 2. The highest BCUT2D eigenvalue weighted by Crippen LogP contribution is 2.32. The largest absolute Gasteiger partial charge is 0.330 e.